The number of hydroxylamine groups is 1. The average Bonchev–Trinajstić information content (AvgIpc) is 3.39. The zero-order chi connectivity index (χ0) is 29.8. The van der Waals surface area contributed by atoms with E-state index in [1.807, 2.05) is 0 Å². The molecular weight excluding hydrogens is 576 g/mol. The minimum Gasteiger partial charge on any atom is -0.390 e. The van der Waals surface area contributed by atoms with Gasteiger partial charge >= 0.3 is 0 Å². The second kappa shape index (κ2) is 9.18. The van der Waals surface area contributed by atoms with Gasteiger partial charge in [-0.05, 0) is 74.1 Å². The quantitative estimate of drug-likeness (QED) is 0.529. The normalized spacial score (nSPS) is 43.2. The van der Waals surface area contributed by atoms with Crippen molar-refractivity contribution in [3.63, 3.8) is 0 Å². The fourth-order valence-corrected chi connectivity index (χ4v) is 9.66. The van der Waals surface area contributed by atoms with E-state index in [0.717, 1.165) is 12.3 Å². The molecule has 0 spiro atoms. The van der Waals surface area contributed by atoms with E-state index in [-0.39, 0.29) is 37.1 Å². The van der Waals surface area contributed by atoms with Gasteiger partial charge in [0.25, 0.3) is 0 Å². The Bertz CT molecular complexity index is 1480. The second-order valence-electron chi connectivity index (χ2n) is 13.0. The molecule has 1 N–H and O–H groups in total. The first-order valence-corrected chi connectivity index (χ1v) is 16.4. The van der Waals surface area contributed by atoms with Crippen LogP contribution in [0.1, 0.15) is 39.5 Å². The van der Waals surface area contributed by atoms with Gasteiger partial charge in [0.1, 0.15) is 16.0 Å². The van der Waals surface area contributed by atoms with Crippen molar-refractivity contribution in [1.82, 2.24) is 0 Å². The number of rotatable bonds is 5. The number of benzene rings is 1. The summed E-state index contributed by atoms with van der Waals surface area (Å²) in [5.41, 5.74) is -5.81. The van der Waals surface area contributed by atoms with Gasteiger partial charge in [0.05, 0.1) is 24.1 Å². The van der Waals surface area contributed by atoms with Crippen molar-refractivity contribution >= 4 is 38.7 Å². The molecule has 3 saturated carbocycles. The lowest BCUT2D eigenvalue weighted by Gasteiger charge is -2.63. The van der Waals surface area contributed by atoms with Crippen LogP contribution in [-0.2, 0) is 24.3 Å². The summed E-state index contributed by atoms with van der Waals surface area (Å²) in [5.74, 6) is -3.18. The minimum atomic E-state index is -3.48. The molecular formula is C30H34ClF2NO6S. The summed E-state index contributed by atoms with van der Waals surface area (Å²) < 4.78 is 57.5. The molecule has 11 heteroatoms. The molecule has 5 aliphatic rings. The summed E-state index contributed by atoms with van der Waals surface area (Å²) in [7, 11) is -3.48. The highest BCUT2D eigenvalue weighted by Crippen LogP contribution is 2.73. The molecule has 4 aliphatic carbocycles. The second-order valence-corrected chi connectivity index (χ2v) is 15.7. The SMILES string of the molecule is C[C@]12C=CC(=O)C=C1[C@@H](F)C[C@H]1[C@@H]3C[C@H]4CN(c5ccc(Cl)cc5)O[C@@]4(C(=O)CCS(C)(=O)=O)[C@@]3(C)C[C@H](O)[C@@]12F. The number of aliphatic hydroxyl groups is 1. The van der Waals surface area contributed by atoms with Crippen LogP contribution in [0, 0.1) is 28.6 Å². The molecule has 0 bridgehead atoms. The molecule has 41 heavy (non-hydrogen) atoms. The number of anilines is 1. The predicted octanol–water partition coefficient (Wildman–Crippen LogP) is 4.38. The number of carbonyl (C=O) groups excluding carboxylic acids is 2. The van der Waals surface area contributed by atoms with Crippen molar-refractivity contribution in [3.8, 4) is 0 Å². The van der Waals surface area contributed by atoms with E-state index in [9.17, 15) is 23.1 Å². The van der Waals surface area contributed by atoms with Crippen molar-refractivity contribution < 1.29 is 36.7 Å². The van der Waals surface area contributed by atoms with E-state index in [2.05, 4.69) is 0 Å². The molecule has 6 rings (SSSR count). The van der Waals surface area contributed by atoms with Crippen LogP contribution >= 0.6 is 11.6 Å². The first-order valence-electron chi connectivity index (χ1n) is 14.0. The number of halogens is 3. The molecule has 1 saturated heterocycles. The number of aliphatic hydroxyl groups excluding tert-OH is 1. The number of carbonyl (C=O) groups is 2. The number of alkyl halides is 2. The van der Waals surface area contributed by atoms with Gasteiger partial charge in [-0.1, -0.05) is 24.6 Å². The number of hydrogen-bond acceptors (Lipinski definition) is 7. The van der Waals surface area contributed by atoms with Crippen molar-refractivity contribution in [2.45, 2.75) is 63.1 Å². The number of hydrogen-bond donors (Lipinski definition) is 1. The van der Waals surface area contributed by atoms with Crippen LogP contribution in [0.15, 0.2) is 48.1 Å². The van der Waals surface area contributed by atoms with Crippen molar-refractivity contribution in [3.05, 3.63) is 53.1 Å². The number of allylic oxidation sites excluding steroid dienone is 4. The van der Waals surface area contributed by atoms with E-state index < -0.39 is 73.5 Å². The van der Waals surface area contributed by atoms with Crippen molar-refractivity contribution in [1.29, 1.82) is 0 Å². The Labute approximate surface area is 243 Å². The molecule has 0 amide bonds. The third-order valence-electron chi connectivity index (χ3n) is 10.8. The van der Waals surface area contributed by atoms with E-state index in [4.69, 9.17) is 16.4 Å². The highest BCUT2D eigenvalue weighted by atomic mass is 35.5. The number of Topliss-reactive ketones (excluding diaryl/α,β-unsaturated/α-hetero) is 1. The summed E-state index contributed by atoms with van der Waals surface area (Å²) in [6, 6.07) is 6.88. The number of sulfone groups is 1. The molecule has 222 valence electrons. The molecule has 7 nitrogen and oxygen atoms in total. The topological polar surface area (TPSA) is 101 Å². The van der Waals surface area contributed by atoms with E-state index in [0.29, 0.717) is 17.1 Å². The van der Waals surface area contributed by atoms with Gasteiger partial charge < -0.3 is 5.11 Å². The highest BCUT2D eigenvalue weighted by molar-refractivity contribution is 7.90. The maximum atomic E-state index is 17.6. The largest absolute Gasteiger partial charge is 0.390 e. The van der Waals surface area contributed by atoms with Gasteiger partial charge in [-0.3, -0.25) is 19.5 Å². The monoisotopic (exact) mass is 609 g/mol. The molecule has 1 aliphatic heterocycles. The molecule has 0 radical (unpaired) electrons. The first kappa shape index (κ1) is 29.0. The van der Waals surface area contributed by atoms with E-state index in [1.165, 1.54) is 19.1 Å². The Balaban J connectivity index is 1.44. The zero-order valence-corrected chi connectivity index (χ0v) is 24.7. The lowest BCUT2D eigenvalue weighted by molar-refractivity contribution is -0.227. The molecule has 1 aromatic carbocycles. The van der Waals surface area contributed by atoms with Crippen LogP contribution in [0.25, 0.3) is 0 Å². The molecule has 0 aromatic heterocycles. The summed E-state index contributed by atoms with van der Waals surface area (Å²) in [6.45, 7) is 3.61. The predicted molar refractivity (Wildman–Crippen MR) is 149 cm³/mol. The fraction of sp³-hybridized carbons (Fsp3) is 0.600. The van der Waals surface area contributed by atoms with Gasteiger partial charge in [0, 0.05) is 40.4 Å². The molecule has 1 aromatic rings. The summed E-state index contributed by atoms with van der Waals surface area (Å²) in [6.07, 6.45) is 1.27. The molecule has 0 unspecified atom stereocenters. The first-order chi connectivity index (χ1) is 19.1. The number of nitrogens with zero attached hydrogens (tertiary/aromatic N) is 1. The summed E-state index contributed by atoms with van der Waals surface area (Å²) in [5, 5.41) is 13.8. The summed E-state index contributed by atoms with van der Waals surface area (Å²) >= 11 is 6.07. The molecule has 9 atom stereocenters. The third-order valence-corrected chi connectivity index (χ3v) is 12.0. The number of fused-ring (bicyclic) bond motifs is 7. The number of ketones is 2. The van der Waals surface area contributed by atoms with Crippen LogP contribution in [0.2, 0.25) is 5.02 Å². The van der Waals surface area contributed by atoms with Gasteiger partial charge in [-0.15, -0.1) is 0 Å². The Hall–Kier alpha value is -2.14. The Morgan fingerprint density at radius 1 is 1.20 bits per heavy atom. The maximum Gasteiger partial charge on any atom is 0.178 e. The Kier molecular flexibility index (Phi) is 6.48. The fourth-order valence-electron chi connectivity index (χ4n) is 8.97. The van der Waals surface area contributed by atoms with Crippen LogP contribution in [0.5, 0.6) is 0 Å². The maximum absolute atomic E-state index is 17.6. The molecule has 1 heterocycles. The van der Waals surface area contributed by atoms with Gasteiger partial charge in [-0.25, -0.2) is 17.2 Å². The van der Waals surface area contributed by atoms with Gasteiger partial charge in [0.15, 0.2) is 22.8 Å². The van der Waals surface area contributed by atoms with Crippen LogP contribution in [0.4, 0.5) is 14.5 Å². The van der Waals surface area contributed by atoms with Crippen LogP contribution in [-0.4, -0.2) is 67.2 Å². The standard InChI is InChI=1S/C30H34ClF2NO6S/c1-27-10-8-20(35)13-23(27)24(32)14-22-21-12-17-16-34(19-6-4-18(31)5-7-19)40-30(17,25(36)9-11-41(3,38)39)28(21,2)15-26(37)29(22,27)33/h4-8,10,13,17,21-22,24,26,37H,9,11-12,14-16H2,1-3H3/t17-,21-,22-,24-,26-,27-,28-,29-,30-/m0/s1. The zero-order valence-electron chi connectivity index (χ0n) is 23.1. The van der Waals surface area contributed by atoms with Crippen molar-refractivity contribution in [2.24, 2.45) is 28.6 Å². The Morgan fingerprint density at radius 2 is 1.88 bits per heavy atom. The molecule has 4 fully saturated rings. The van der Waals surface area contributed by atoms with Gasteiger partial charge in [-0.2, -0.15) is 0 Å². The lowest BCUT2D eigenvalue weighted by atomic mass is 9.44. The lowest BCUT2D eigenvalue weighted by Crippen LogP contribution is -2.70. The highest BCUT2D eigenvalue weighted by Gasteiger charge is 2.79. The average molecular weight is 610 g/mol. The van der Waals surface area contributed by atoms with E-state index >= 15 is 8.78 Å². The van der Waals surface area contributed by atoms with Crippen LogP contribution in [0.3, 0.4) is 0 Å². The smallest absolute Gasteiger partial charge is 0.178 e. The van der Waals surface area contributed by atoms with E-state index in [1.54, 1.807) is 36.3 Å². The third kappa shape index (κ3) is 3.89. The van der Waals surface area contributed by atoms with Crippen molar-refractivity contribution in [2.75, 3.05) is 23.6 Å². The Morgan fingerprint density at radius 3 is 2.54 bits per heavy atom. The summed E-state index contributed by atoms with van der Waals surface area (Å²) in [4.78, 5) is 32.9. The van der Waals surface area contributed by atoms with Crippen LogP contribution < -0.4 is 5.06 Å². The van der Waals surface area contributed by atoms with Gasteiger partial charge in [0.2, 0.25) is 0 Å². The minimum absolute atomic E-state index is 0.0358.